The van der Waals surface area contributed by atoms with Crippen LogP contribution in [0.5, 0.6) is 0 Å². The molecule has 2 rings (SSSR count). The Morgan fingerprint density at radius 2 is 1.80 bits per heavy atom. The zero-order valence-corrected chi connectivity index (χ0v) is 18.0. The van der Waals surface area contributed by atoms with Gasteiger partial charge in [-0.1, -0.05) is 19.1 Å². The second-order valence-corrected chi connectivity index (χ2v) is 6.33. The number of benzene rings is 1. The first-order valence-corrected chi connectivity index (χ1v) is 9.02. The smallest absolute Gasteiger partial charge is 0.253 e. The van der Waals surface area contributed by atoms with E-state index in [4.69, 9.17) is 0 Å². The number of nitrogens with zero attached hydrogens (tertiary/aromatic N) is 2. The SMILES string of the molecule is CCNC(=NCc1ccc(C(=O)N(CC)CC)cc1)NC1CC1C.I. The minimum absolute atomic E-state index is 0. The molecule has 1 amide bonds. The number of nitrogens with one attached hydrogen (secondary N) is 2. The fraction of sp³-hybridized carbons (Fsp3) is 0.579. The number of carbonyl (C=O) groups is 1. The third-order valence-corrected chi connectivity index (χ3v) is 4.45. The van der Waals surface area contributed by atoms with Crippen LogP contribution in [0.25, 0.3) is 0 Å². The highest BCUT2D eigenvalue weighted by Crippen LogP contribution is 2.28. The van der Waals surface area contributed by atoms with E-state index < -0.39 is 0 Å². The molecule has 1 saturated carbocycles. The Labute approximate surface area is 168 Å². The Bertz CT molecular complexity index is 569. The summed E-state index contributed by atoms with van der Waals surface area (Å²) in [6.07, 6.45) is 1.21. The van der Waals surface area contributed by atoms with E-state index in [1.165, 1.54) is 6.42 Å². The molecule has 0 spiro atoms. The van der Waals surface area contributed by atoms with Crippen molar-refractivity contribution in [2.24, 2.45) is 10.9 Å². The van der Waals surface area contributed by atoms with Crippen molar-refractivity contribution in [2.45, 2.75) is 46.7 Å². The summed E-state index contributed by atoms with van der Waals surface area (Å²) < 4.78 is 0. The molecule has 1 aliphatic rings. The van der Waals surface area contributed by atoms with Crippen molar-refractivity contribution < 1.29 is 4.79 Å². The first-order valence-electron chi connectivity index (χ1n) is 9.02. The Hall–Kier alpha value is -1.31. The van der Waals surface area contributed by atoms with Gasteiger partial charge in [0.25, 0.3) is 5.91 Å². The quantitative estimate of drug-likeness (QED) is 0.375. The summed E-state index contributed by atoms with van der Waals surface area (Å²) in [6.45, 7) is 11.2. The van der Waals surface area contributed by atoms with Crippen molar-refractivity contribution in [2.75, 3.05) is 19.6 Å². The van der Waals surface area contributed by atoms with Crippen molar-refractivity contribution in [3.63, 3.8) is 0 Å². The summed E-state index contributed by atoms with van der Waals surface area (Å²) >= 11 is 0. The maximum atomic E-state index is 12.3. The molecule has 2 atom stereocenters. The highest BCUT2D eigenvalue weighted by atomic mass is 127. The fourth-order valence-electron chi connectivity index (χ4n) is 2.64. The van der Waals surface area contributed by atoms with Crippen molar-refractivity contribution in [3.05, 3.63) is 35.4 Å². The van der Waals surface area contributed by atoms with Gasteiger partial charge in [0.15, 0.2) is 5.96 Å². The molecule has 6 heteroatoms. The lowest BCUT2D eigenvalue weighted by molar-refractivity contribution is 0.0773. The summed E-state index contributed by atoms with van der Waals surface area (Å²) in [5, 5.41) is 6.73. The summed E-state index contributed by atoms with van der Waals surface area (Å²) in [4.78, 5) is 18.8. The second-order valence-electron chi connectivity index (χ2n) is 6.33. The molecule has 0 aromatic heterocycles. The van der Waals surface area contributed by atoms with Crippen molar-refractivity contribution in [1.29, 1.82) is 0 Å². The van der Waals surface area contributed by atoms with Crippen LogP contribution in [-0.2, 0) is 6.54 Å². The van der Waals surface area contributed by atoms with Gasteiger partial charge in [0.2, 0.25) is 0 Å². The van der Waals surface area contributed by atoms with E-state index in [1.807, 2.05) is 43.0 Å². The third kappa shape index (κ3) is 6.49. The predicted molar refractivity (Wildman–Crippen MR) is 115 cm³/mol. The molecule has 2 unspecified atom stereocenters. The van der Waals surface area contributed by atoms with Gasteiger partial charge in [-0.3, -0.25) is 4.79 Å². The Morgan fingerprint density at radius 3 is 2.28 bits per heavy atom. The minimum atomic E-state index is 0. The van der Waals surface area contributed by atoms with Gasteiger partial charge in [0, 0.05) is 31.2 Å². The summed E-state index contributed by atoms with van der Waals surface area (Å²) in [5.41, 5.74) is 1.84. The van der Waals surface area contributed by atoms with E-state index >= 15 is 0 Å². The second kappa shape index (κ2) is 10.6. The summed E-state index contributed by atoms with van der Waals surface area (Å²) in [5.74, 6) is 1.70. The average molecular weight is 458 g/mol. The zero-order valence-electron chi connectivity index (χ0n) is 15.7. The van der Waals surface area contributed by atoms with E-state index in [9.17, 15) is 4.79 Å². The van der Waals surface area contributed by atoms with Crippen molar-refractivity contribution in [1.82, 2.24) is 15.5 Å². The van der Waals surface area contributed by atoms with E-state index in [0.717, 1.165) is 42.6 Å². The van der Waals surface area contributed by atoms with Crippen LogP contribution in [0, 0.1) is 5.92 Å². The molecule has 1 aliphatic carbocycles. The molecule has 1 aromatic rings. The Kier molecular flexibility index (Phi) is 9.24. The third-order valence-electron chi connectivity index (χ3n) is 4.45. The number of rotatable bonds is 7. The molecule has 140 valence electrons. The zero-order chi connectivity index (χ0) is 17.5. The van der Waals surface area contributed by atoms with Crippen LogP contribution in [0.15, 0.2) is 29.3 Å². The molecule has 1 fully saturated rings. The molecule has 1 aromatic carbocycles. The monoisotopic (exact) mass is 458 g/mol. The molecule has 0 heterocycles. The summed E-state index contributed by atoms with van der Waals surface area (Å²) in [6, 6.07) is 8.33. The molecule has 0 saturated heterocycles. The van der Waals surface area contributed by atoms with Crippen molar-refractivity contribution >= 4 is 35.8 Å². The lowest BCUT2D eigenvalue weighted by atomic mass is 10.1. The van der Waals surface area contributed by atoms with Crippen LogP contribution >= 0.6 is 24.0 Å². The lowest BCUT2D eigenvalue weighted by Gasteiger charge is -2.18. The van der Waals surface area contributed by atoms with Crippen LogP contribution in [0.2, 0.25) is 0 Å². The number of amides is 1. The van der Waals surface area contributed by atoms with E-state index in [1.54, 1.807) is 0 Å². The van der Waals surface area contributed by atoms with Crippen LogP contribution in [0.3, 0.4) is 0 Å². The van der Waals surface area contributed by atoms with Gasteiger partial charge < -0.3 is 15.5 Å². The first kappa shape index (κ1) is 21.7. The molecule has 0 bridgehead atoms. The normalized spacial score (nSPS) is 19.0. The summed E-state index contributed by atoms with van der Waals surface area (Å²) in [7, 11) is 0. The van der Waals surface area contributed by atoms with Crippen LogP contribution in [-0.4, -0.2) is 42.4 Å². The van der Waals surface area contributed by atoms with Crippen LogP contribution in [0.1, 0.15) is 50.0 Å². The van der Waals surface area contributed by atoms with Gasteiger partial charge in [0.1, 0.15) is 0 Å². The van der Waals surface area contributed by atoms with Crippen molar-refractivity contribution in [3.8, 4) is 0 Å². The molecule has 25 heavy (non-hydrogen) atoms. The van der Waals surface area contributed by atoms with Crippen LogP contribution in [0.4, 0.5) is 0 Å². The fourth-order valence-corrected chi connectivity index (χ4v) is 2.64. The van der Waals surface area contributed by atoms with E-state index in [0.29, 0.717) is 12.6 Å². The topological polar surface area (TPSA) is 56.7 Å². The van der Waals surface area contributed by atoms with Crippen LogP contribution < -0.4 is 10.6 Å². The largest absolute Gasteiger partial charge is 0.357 e. The maximum Gasteiger partial charge on any atom is 0.253 e. The van der Waals surface area contributed by atoms with Gasteiger partial charge in [-0.2, -0.15) is 0 Å². The number of guanidine groups is 1. The molecular formula is C19H31IN4O. The molecule has 2 N–H and O–H groups in total. The first-order chi connectivity index (χ1) is 11.6. The number of aliphatic imine (C=N–C) groups is 1. The lowest BCUT2D eigenvalue weighted by Crippen LogP contribution is -2.39. The van der Waals surface area contributed by atoms with E-state index in [2.05, 4.69) is 29.5 Å². The minimum Gasteiger partial charge on any atom is -0.357 e. The Morgan fingerprint density at radius 1 is 1.20 bits per heavy atom. The van der Waals surface area contributed by atoms with Gasteiger partial charge in [-0.15, -0.1) is 24.0 Å². The molecule has 5 nitrogen and oxygen atoms in total. The number of halogens is 1. The predicted octanol–water partition coefficient (Wildman–Crippen LogP) is 3.25. The standard InChI is InChI=1S/C19H30N4O.HI/c1-5-20-19(22-17-12-14(17)4)21-13-15-8-10-16(11-9-15)18(24)23(6-2)7-3;/h8-11,14,17H,5-7,12-13H2,1-4H3,(H2,20,21,22);1H. The number of carbonyl (C=O) groups excluding carboxylic acids is 1. The average Bonchev–Trinajstić information content (AvgIpc) is 3.29. The highest BCUT2D eigenvalue weighted by Gasteiger charge is 2.33. The Balaban J connectivity index is 0.00000312. The van der Waals surface area contributed by atoms with E-state index in [-0.39, 0.29) is 29.9 Å². The highest BCUT2D eigenvalue weighted by molar-refractivity contribution is 14.0. The molecule has 0 radical (unpaired) electrons. The maximum absolute atomic E-state index is 12.3. The van der Waals surface area contributed by atoms with Gasteiger partial charge in [-0.25, -0.2) is 4.99 Å². The number of hydrogen-bond donors (Lipinski definition) is 2. The van der Waals surface area contributed by atoms with Gasteiger partial charge in [0.05, 0.1) is 6.54 Å². The van der Waals surface area contributed by atoms with Gasteiger partial charge >= 0.3 is 0 Å². The van der Waals surface area contributed by atoms with Gasteiger partial charge in [-0.05, 0) is 50.8 Å². The molecule has 0 aliphatic heterocycles. The number of hydrogen-bond acceptors (Lipinski definition) is 2. The molecular weight excluding hydrogens is 427 g/mol.